The molecule has 0 atom stereocenters. The fourth-order valence-electron chi connectivity index (χ4n) is 2.48. The number of hydrogen-bond acceptors (Lipinski definition) is 4. The predicted molar refractivity (Wildman–Crippen MR) is 108 cm³/mol. The normalized spacial score (nSPS) is 11.3. The lowest BCUT2D eigenvalue weighted by atomic mass is 10.1. The smallest absolute Gasteiger partial charge is 0.255 e. The summed E-state index contributed by atoms with van der Waals surface area (Å²) >= 11 is 1.64. The maximum Gasteiger partial charge on any atom is 0.255 e. The minimum atomic E-state index is -2.36. The average Bonchev–Trinajstić information content (AvgIpc) is 3.10. The number of carbonyl (C=O) groups excluding carboxylic acids is 1. The topological polar surface area (TPSA) is 75.3 Å². The zero-order chi connectivity index (χ0) is 18.0. The summed E-state index contributed by atoms with van der Waals surface area (Å²) in [4.78, 5) is 23.8. The number of benzene rings is 2. The van der Waals surface area contributed by atoms with Gasteiger partial charge in [-0.1, -0.05) is 24.3 Å². The van der Waals surface area contributed by atoms with Crippen LogP contribution in [0.3, 0.4) is 0 Å². The summed E-state index contributed by atoms with van der Waals surface area (Å²) in [6.45, 7) is 3.69. The van der Waals surface area contributed by atoms with Crippen molar-refractivity contribution in [2.45, 2.75) is 13.1 Å². The van der Waals surface area contributed by atoms with E-state index in [2.05, 4.69) is 5.32 Å². The van der Waals surface area contributed by atoms with Crippen LogP contribution in [0.1, 0.15) is 10.4 Å². The molecule has 6 heteroatoms. The molecule has 0 aliphatic rings. The number of nitrogens with two attached hydrogens (primary N) is 1. The molecule has 0 saturated heterocycles. The van der Waals surface area contributed by atoms with Crippen LogP contribution in [0, 0.1) is 0 Å². The van der Waals surface area contributed by atoms with E-state index < -0.39 is 8.32 Å². The van der Waals surface area contributed by atoms with Gasteiger partial charge in [-0.2, -0.15) is 0 Å². The maximum absolute atomic E-state index is 12.5. The molecule has 0 spiro atoms. The fraction of sp³-hybridized carbons (Fsp3) is 0.105. The van der Waals surface area contributed by atoms with Gasteiger partial charge in [-0.25, -0.2) is 0 Å². The van der Waals surface area contributed by atoms with Gasteiger partial charge in [0.05, 0.1) is 11.4 Å². The van der Waals surface area contributed by atoms with Crippen molar-refractivity contribution in [1.82, 2.24) is 0 Å². The SMILES string of the molecule is C[Si](C)(O)c1ccc(C(=O)Nc2cc(-c3cccs3)ccc2N)cc1. The fourth-order valence-corrected chi connectivity index (χ4v) is 4.19. The molecular weight excluding hydrogens is 348 g/mol. The molecule has 3 rings (SSSR count). The summed E-state index contributed by atoms with van der Waals surface area (Å²) in [5.74, 6) is -0.223. The van der Waals surface area contributed by atoms with Gasteiger partial charge in [-0.05, 0) is 59.6 Å². The first-order chi connectivity index (χ1) is 11.8. The van der Waals surface area contributed by atoms with Gasteiger partial charge < -0.3 is 15.8 Å². The second-order valence-electron chi connectivity index (χ2n) is 6.37. The van der Waals surface area contributed by atoms with Crippen LogP contribution in [0.5, 0.6) is 0 Å². The Morgan fingerprint density at radius 2 is 1.84 bits per heavy atom. The molecule has 0 fully saturated rings. The lowest BCUT2D eigenvalue weighted by molar-refractivity contribution is 0.102. The first kappa shape index (κ1) is 17.4. The third-order valence-corrected chi connectivity index (χ3v) is 6.63. The monoisotopic (exact) mass is 368 g/mol. The third kappa shape index (κ3) is 3.99. The highest BCUT2D eigenvalue weighted by molar-refractivity contribution is 7.13. The van der Waals surface area contributed by atoms with E-state index in [1.165, 1.54) is 0 Å². The maximum atomic E-state index is 12.5. The van der Waals surface area contributed by atoms with Gasteiger partial charge in [0.2, 0.25) is 8.32 Å². The second kappa shape index (κ2) is 6.83. The number of carbonyl (C=O) groups is 1. The molecule has 0 aliphatic heterocycles. The van der Waals surface area contributed by atoms with Crippen molar-refractivity contribution in [3.63, 3.8) is 0 Å². The van der Waals surface area contributed by atoms with Crippen molar-refractivity contribution in [2.24, 2.45) is 0 Å². The molecule has 0 bridgehead atoms. The van der Waals surface area contributed by atoms with Crippen LogP contribution in [-0.4, -0.2) is 19.0 Å². The van der Waals surface area contributed by atoms with Crippen LogP contribution < -0.4 is 16.2 Å². The highest BCUT2D eigenvalue weighted by Gasteiger charge is 2.20. The van der Waals surface area contributed by atoms with Crippen molar-refractivity contribution in [1.29, 1.82) is 0 Å². The summed E-state index contributed by atoms with van der Waals surface area (Å²) in [7, 11) is -2.36. The summed E-state index contributed by atoms with van der Waals surface area (Å²) in [6, 6.07) is 16.7. The van der Waals surface area contributed by atoms with Gasteiger partial charge in [0.25, 0.3) is 5.91 Å². The first-order valence-electron chi connectivity index (χ1n) is 7.92. The van der Waals surface area contributed by atoms with Gasteiger partial charge in [0, 0.05) is 10.4 Å². The van der Waals surface area contributed by atoms with E-state index in [0.717, 1.165) is 15.6 Å². The Morgan fingerprint density at radius 1 is 1.12 bits per heavy atom. The predicted octanol–water partition coefficient (Wildman–Crippen LogP) is 3.65. The quantitative estimate of drug-likeness (QED) is 0.486. The minimum absolute atomic E-state index is 0.223. The van der Waals surface area contributed by atoms with Crippen LogP contribution in [0.4, 0.5) is 11.4 Å². The van der Waals surface area contributed by atoms with E-state index in [0.29, 0.717) is 16.9 Å². The number of thiophene rings is 1. The van der Waals surface area contributed by atoms with Crippen molar-refractivity contribution < 1.29 is 9.59 Å². The van der Waals surface area contributed by atoms with E-state index >= 15 is 0 Å². The molecule has 1 aromatic heterocycles. The molecule has 128 valence electrons. The van der Waals surface area contributed by atoms with Crippen LogP contribution in [0.2, 0.25) is 13.1 Å². The number of nitrogens with one attached hydrogen (secondary N) is 1. The van der Waals surface area contributed by atoms with Crippen molar-refractivity contribution >= 4 is 42.1 Å². The molecule has 1 amide bonds. The van der Waals surface area contributed by atoms with Crippen LogP contribution in [0.25, 0.3) is 10.4 Å². The van der Waals surface area contributed by atoms with Crippen LogP contribution in [-0.2, 0) is 0 Å². The Kier molecular flexibility index (Phi) is 4.76. The zero-order valence-corrected chi connectivity index (χ0v) is 15.9. The molecule has 0 aliphatic carbocycles. The molecule has 2 aromatic carbocycles. The molecule has 0 unspecified atom stereocenters. The van der Waals surface area contributed by atoms with E-state index in [1.54, 1.807) is 29.5 Å². The number of amides is 1. The molecular formula is C19H20N2O2SSi. The van der Waals surface area contributed by atoms with Crippen molar-refractivity contribution in [3.05, 3.63) is 65.5 Å². The van der Waals surface area contributed by atoms with E-state index in [4.69, 9.17) is 5.73 Å². The number of anilines is 2. The van der Waals surface area contributed by atoms with Crippen molar-refractivity contribution in [2.75, 3.05) is 11.1 Å². The van der Waals surface area contributed by atoms with Gasteiger partial charge in [0.1, 0.15) is 0 Å². The van der Waals surface area contributed by atoms with Gasteiger partial charge >= 0.3 is 0 Å². The average molecular weight is 369 g/mol. The Hall–Kier alpha value is -2.41. The van der Waals surface area contributed by atoms with Gasteiger partial charge in [0.15, 0.2) is 0 Å². The Labute approximate surface area is 152 Å². The van der Waals surface area contributed by atoms with Crippen LogP contribution >= 0.6 is 11.3 Å². The minimum Gasteiger partial charge on any atom is -0.428 e. The molecule has 4 N–H and O–H groups in total. The summed E-state index contributed by atoms with van der Waals surface area (Å²) < 4.78 is 0. The third-order valence-electron chi connectivity index (χ3n) is 3.96. The molecule has 3 aromatic rings. The highest BCUT2D eigenvalue weighted by atomic mass is 32.1. The van der Waals surface area contributed by atoms with E-state index in [1.807, 2.05) is 54.9 Å². The summed E-state index contributed by atoms with van der Waals surface area (Å²) in [5, 5.41) is 5.78. The van der Waals surface area contributed by atoms with Gasteiger partial charge in [-0.15, -0.1) is 11.3 Å². The standard InChI is InChI=1S/C19H20N2O2SSi/c1-25(2,23)15-8-5-13(6-9-15)19(22)21-17-12-14(7-10-16(17)20)18-4-3-11-24-18/h3-12,23H,20H2,1-2H3,(H,21,22). The first-order valence-corrected chi connectivity index (χ1v) is 11.7. The van der Waals surface area contributed by atoms with Gasteiger partial charge in [-0.3, -0.25) is 4.79 Å². The molecule has 1 heterocycles. The summed E-state index contributed by atoms with van der Waals surface area (Å²) in [5.41, 5.74) is 8.68. The number of nitrogen functional groups attached to an aromatic ring is 1. The highest BCUT2D eigenvalue weighted by Crippen LogP contribution is 2.30. The molecule has 0 saturated carbocycles. The van der Waals surface area contributed by atoms with E-state index in [-0.39, 0.29) is 5.91 Å². The second-order valence-corrected chi connectivity index (χ2v) is 11.0. The largest absolute Gasteiger partial charge is 0.428 e. The van der Waals surface area contributed by atoms with E-state index in [9.17, 15) is 9.59 Å². The molecule has 4 nitrogen and oxygen atoms in total. The number of hydrogen-bond donors (Lipinski definition) is 3. The zero-order valence-electron chi connectivity index (χ0n) is 14.1. The lowest BCUT2D eigenvalue weighted by Crippen LogP contribution is -2.41. The molecule has 25 heavy (non-hydrogen) atoms. The Bertz CT molecular complexity index is 885. The van der Waals surface area contributed by atoms with Crippen LogP contribution in [0.15, 0.2) is 60.0 Å². The van der Waals surface area contributed by atoms with Crippen molar-refractivity contribution in [3.8, 4) is 10.4 Å². The Morgan fingerprint density at radius 3 is 2.44 bits per heavy atom. The number of rotatable bonds is 4. The summed E-state index contributed by atoms with van der Waals surface area (Å²) in [6.07, 6.45) is 0. The lowest BCUT2D eigenvalue weighted by Gasteiger charge is -2.15. The molecule has 0 radical (unpaired) electrons. The Balaban J connectivity index is 1.82.